The van der Waals surface area contributed by atoms with Gasteiger partial charge in [-0.05, 0) is 26.9 Å². The van der Waals surface area contributed by atoms with E-state index in [0.717, 1.165) is 19.6 Å². The maximum absolute atomic E-state index is 5.91. The van der Waals surface area contributed by atoms with Gasteiger partial charge in [0, 0.05) is 6.54 Å². The second-order valence-electron chi connectivity index (χ2n) is 5.61. The second-order valence-corrected chi connectivity index (χ2v) is 5.61. The first-order chi connectivity index (χ1) is 8.70. The minimum absolute atomic E-state index is 0.487. The molecule has 0 N–H and O–H groups in total. The van der Waals surface area contributed by atoms with E-state index in [-0.39, 0.29) is 0 Å². The molecule has 2 heteroatoms. The van der Waals surface area contributed by atoms with Crippen LogP contribution in [-0.4, -0.2) is 38.3 Å². The van der Waals surface area contributed by atoms with Gasteiger partial charge in [-0.3, -0.25) is 0 Å². The Morgan fingerprint density at radius 1 is 0.889 bits per heavy atom. The molecule has 0 aromatic carbocycles. The van der Waals surface area contributed by atoms with Crippen molar-refractivity contribution < 1.29 is 4.74 Å². The van der Waals surface area contributed by atoms with Crippen LogP contribution in [0.2, 0.25) is 0 Å². The van der Waals surface area contributed by atoms with Gasteiger partial charge in [0.05, 0.1) is 12.7 Å². The second kappa shape index (κ2) is 13.4. The van der Waals surface area contributed by atoms with Crippen LogP contribution in [0.15, 0.2) is 0 Å². The summed E-state index contributed by atoms with van der Waals surface area (Å²) in [5, 5.41) is 0. The molecule has 0 fully saturated rings. The molecule has 0 saturated heterocycles. The van der Waals surface area contributed by atoms with Crippen molar-refractivity contribution in [3.8, 4) is 0 Å². The summed E-state index contributed by atoms with van der Waals surface area (Å²) < 4.78 is 5.91. The van der Waals surface area contributed by atoms with Gasteiger partial charge in [0.1, 0.15) is 0 Å². The minimum atomic E-state index is 0.487. The molecule has 0 bridgehead atoms. The predicted molar refractivity (Wildman–Crippen MR) is 81.2 cm³/mol. The molecule has 0 amide bonds. The molecule has 0 aliphatic carbocycles. The average molecular weight is 257 g/mol. The summed E-state index contributed by atoms with van der Waals surface area (Å²) in [6.07, 6.45) is 12.6. The quantitative estimate of drug-likeness (QED) is 0.451. The lowest BCUT2D eigenvalue weighted by molar-refractivity contribution is 0.0350. The van der Waals surface area contributed by atoms with E-state index < -0.39 is 0 Å². The molecule has 0 spiro atoms. The van der Waals surface area contributed by atoms with Gasteiger partial charge in [0.25, 0.3) is 0 Å². The molecular weight excluding hydrogens is 222 g/mol. The number of nitrogens with zero attached hydrogens (tertiary/aromatic N) is 1. The van der Waals surface area contributed by atoms with Gasteiger partial charge in [-0.15, -0.1) is 0 Å². The molecule has 1 unspecified atom stereocenters. The fourth-order valence-corrected chi connectivity index (χ4v) is 2.14. The van der Waals surface area contributed by atoms with Gasteiger partial charge < -0.3 is 9.64 Å². The number of likely N-dealkylation sites (N-methyl/N-ethyl adjacent to an activating group) is 1. The molecule has 0 heterocycles. The number of rotatable bonds is 13. The molecule has 0 aliphatic rings. The lowest BCUT2D eigenvalue weighted by Gasteiger charge is -2.17. The maximum Gasteiger partial charge on any atom is 0.0596 e. The van der Waals surface area contributed by atoms with Crippen molar-refractivity contribution in [3.63, 3.8) is 0 Å². The molecule has 0 rings (SSSR count). The predicted octanol–water partition coefficient (Wildman–Crippen LogP) is 4.48. The molecule has 2 nitrogen and oxygen atoms in total. The summed E-state index contributed by atoms with van der Waals surface area (Å²) in [5.41, 5.74) is 0. The van der Waals surface area contributed by atoms with Crippen LogP contribution in [0, 0.1) is 0 Å². The monoisotopic (exact) mass is 257 g/mol. The minimum Gasteiger partial charge on any atom is -0.377 e. The Hall–Kier alpha value is -0.0800. The van der Waals surface area contributed by atoms with Gasteiger partial charge in [-0.2, -0.15) is 0 Å². The average Bonchev–Trinajstić information content (AvgIpc) is 2.35. The largest absolute Gasteiger partial charge is 0.377 e. The fraction of sp³-hybridized carbons (Fsp3) is 1.00. The Morgan fingerprint density at radius 3 is 2.06 bits per heavy atom. The lowest BCUT2D eigenvalue weighted by Crippen LogP contribution is -2.22. The molecule has 0 saturated carbocycles. The summed E-state index contributed by atoms with van der Waals surface area (Å²) in [6.45, 7) is 6.42. The molecular formula is C16H35NO. The van der Waals surface area contributed by atoms with E-state index in [4.69, 9.17) is 4.74 Å². The van der Waals surface area contributed by atoms with Crippen LogP contribution in [-0.2, 0) is 4.74 Å². The molecule has 0 radical (unpaired) electrons. The van der Waals surface area contributed by atoms with Crippen molar-refractivity contribution in [1.82, 2.24) is 4.90 Å². The van der Waals surface area contributed by atoms with Gasteiger partial charge >= 0.3 is 0 Å². The van der Waals surface area contributed by atoms with Crippen LogP contribution >= 0.6 is 0 Å². The normalized spacial score (nSPS) is 13.2. The Kier molecular flexibility index (Phi) is 13.3. The van der Waals surface area contributed by atoms with Crippen LogP contribution in [0.5, 0.6) is 0 Å². The van der Waals surface area contributed by atoms with Gasteiger partial charge in [0.2, 0.25) is 0 Å². The first-order valence-electron chi connectivity index (χ1n) is 7.97. The number of hydrogen-bond donors (Lipinski definition) is 0. The third-order valence-electron chi connectivity index (χ3n) is 3.48. The summed E-state index contributed by atoms with van der Waals surface area (Å²) in [6, 6.07) is 0. The summed E-state index contributed by atoms with van der Waals surface area (Å²) in [7, 11) is 4.20. The van der Waals surface area contributed by atoms with E-state index in [9.17, 15) is 0 Å². The van der Waals surface area contributed by atoms with Gasteiger partial charge in [-0.25, -0.2) is 0 Å². The maximum atomic E-state index is 5.91. The van der Waals surface area contributed by atoms with Crippen molar-refractivity contribution in [2.24, 2.45) is 0 Å². The molecule has 0 aliphatic heterocycles. The molecule has 110 valence electrons. The van der Waals surface area contributed by atoms with Crippen molar-refractivity contribution in [2.45, 2.75) is 77.7 Å². The Labute approximate surface area is 115 Å². The zero-order valence-electron chi connectivity index (χ0n) is 13.2. The summed E-state index contributed by atoms with van der Waals surface area (Å²) in [5.74, 6) is 0. The summed E-state index contributed by atoms with van der Waals surface area (Å²) in [4.78, 5) is 2.18. The van der Waals surface area contributed by atoms with Gasteiger partial charge in [-0.1, -0.05) is 58.8 Å². The zero-order valence-corrected chi connectivity index (χ0v) is 13.2. The van der Waals surface area contributed by atoms with E-state index in [1.807, 2.05) is 0 Å². The molecule has 1 atom stereocenters. The van der Waals surface area contributed by atoms with Crippen LogP contribution in [0.4, 0.5) is 0 Å². The van der Waals surface area contributed by atoms with Crippen LogP contribution in [0.1, 0.15) is 71.6 Å². The molecule has 0 aromatic rings. The summed E-state index contributed by atoms with van der Waals surface area (Å²) >= 11 is 0. The lowest BCUT2D eigenvalue weighted by atomic mass is 10.1. The molecule has 18 heavy (non-hydrogen) atoms. The van der Waals surface area contributed by atoms with Crippen LogP contribution in [0.3, 0.4) is 0 Å². The highest BCUT2D eigenvalue weighted by atomic mass is 16.5. The van der Waals surface area contributed by atoms with E-state index in [0.29, 0.717) is 6.10 Å². The highest BCUT2D eigenvalue weighted by molar-refractivity contribution is 4.57. The van der Waals surface area contributed by atoms with E-state index in [1.165, 1.54) is 51.4 Å². The standard InChI is InChI=1S/C16H35NO/c1-5-7-8-9-10-11-12-13-16(6-2)18-15-14-17(3)4/h16H,5-15H2,1-4H3. The van der Waals surface area contributed by atoms with Gasteiger partial charge in [0.15, 0.2) is 0 Å². The first kappa shape index (κ1) is 17.9. The first-order valence-corrected chi connectivity index (χ1v) is 7.97. The number of unbranched alkanes of at least 4 members (excludes halogenated alkanes) is 6. The third-order valence-corrected chi connectivity index (χ3v) is 3.48. The van der Waals surface area contributed by atoms with E-state index in [1.54, 1.807) is 0 Å². The third kappa shape index (κ3) is 12.4. The van der Waals surface area contributed by atoms with Crippen molar-refractivity contribution in [2.75, 3.05) is 27.2 Å². The van der Waals surface area contributed by atoms with Crippen LogP contribution in [0.25, 0.3) is 0 Å². The Morgan fingerprint density at radius 2 is 1.50 bits per heavy atom. The Balaban J connectivity index is 3.33. The van der Waals surface area contributed by atoms with Crippen molar-refractivity contribution in [3.05, 3.63) is 0 Å². The SMILES string of the molecule is CCCCCCCCCC(CC)OCCN(C)C. The van der Waals surface area contributed by atoms with E-state index in [2.05, 4.69) is 32.8 Å². The smallest absolute Gasteiger partial charge is 0.0596 e. The highest BCUT2D eigenvalue weighted by Crippen LogP contribution is 2.12. The van der Waals surface area contributed by atoms with Crippen LogP contribution < -0.4 is 0 Å². The van der Waals surface area contributed by atoms with E-state index >= 15 is 0 Å². The topological polar surface area (TPSA) is 12.5 Å². The molecule has 0 aromatic heterocycles. The zero-order chi connectivity index (χ0) is 13.6. The Bertz CT molecular complexity index is 159. The van der Waals surface area contributed by atoms with Crippen molar-refractivity contribution in [1.29, 1.82) is 0 Å². The highest BCUT2D eigenvalue weighted by Gasteiger charge is 2.06. The fourth-order valence-electron chi connectivity index (χ4n) is 2.14. The number of hydrogen-bond acceptors (Lipinski definition) is 2. The number of ether oxygens (including phenoxy) is 1. The van der Waals surface area contributed by atoms with Crippen molar-refractivity contribution >= 4 is 0 Å².